The van der Waals surface area contributed by atoms with Gasteiger partial charge >= 0.3 is 16.2 Å². The maximum atomic E-state index is 12.3. The lowest BCUT2D eigenvalue weighted by molar-refractivity contribution is -0.137. The molecule has 2 aromatic rings. The minimum atomic E-state index is -4.53. The van der Waals surface area contributed by atoms with E-state index in [0.717, 1.165) is 6.26 Å². The third kappa shape index (κ3) is 5.11. The van der Waals surface area contributed by atoms with Crippen molar-refractivity contribution in [3.05, 3.63) is 12.7 Å². The van der Waals surface area contributed by atoms with E-state index in [9.17, 15) is 27.6 Å². The molecule has 178 valence electrons. The Bertz CT molecular complexity index is 1240. The number of aliphatic hydroxyl groups is 2. The van der Waals surface area contributed by atoms with Crippen molar-refractivity contribution in [3.63, 3.8) is 0 Å². The second kappa shape index (κ2) is 8.81. The summed E-state index contributed by atoms with van der Waals surface area (Å²) in [6.45, 7) is -0.537. The number of nitrogens with two attached hydrogens (primary N) is 2. The van der Waals surface area contributed by atoms with E-state index in [1.807, 2.05) is 4.72 Å². The zero-order valence-electron chi connectivity index (χ0n) is 16.5. The van der Waals surface area contributed by atoms with Crippen LogP contribution in [0.3, 0.4) is 0 Å². The number of aromatic nitrogens is 4. The van der Waals surface area contributed by atoms with Crippen LogP contribution in [-0.2, 0) is 29.5 Å². The SMILES string of the molecule is CS(=O)(CC(N)C(=O)O)=NS(=O)(=O)NC[C@H]1O[C@@H](n2cnc3c(N)ncnc32)[C@H](O)[C@@H]1O. The maximum absolute atomic E-state index is 12.3. The van der Waals surface area contributed by atoms with E-state index in [-0.39, 0.29) is 17.0 Å². The van der Waals surface area contributed by atoms with Gasteiger partial charge in [0.25, 0.3) is 0 Å². The van der Waals surface area contributed by atoms with Crippen molar-refractivity contribution < 1.29 is 37.5 Å². The number of hydrogen-bond acceptors (Lipinski definition) is 12. The first kappa shape index (κ1) is 24.2. The summed E-state index contributed by atoms with van der Waals surface area (Å²) in [7, 11) is -8.03. The summed E-state index contributed by atoms with van der Waals surface area (Å²) < 4.78 is 48.7. The molecule has 0 saturated carbocycles. The highest BCUT2D eigenvalue weighted by molar-refractivity contribution is 8.02. The van der Waals surface area contributed by atoms with Crippen LogP contribution < -0.4 is 16.2 Å². The highest BCUT2D eigenvalue weighted by atomic mass is 32.3. The Morgan fingerprint density at radius 2 is 2.00 bits per heavy atom. The highest BCUT2D eigenvalue weighted by Gasteiger charge is 2.44. The lowest BCUT2D eigenvalue weighted by atomic mass is 10.1. The molecule has 1 aliphatic heterocycles. The molecule has 8 N–H and O–H groups in total. The number of aliphatic hydroxyl groups excluding tert-OH is 2. The average molecular weight is 495 g/mol. The van der Waals surface area contributed by atoms with E-state index in [1.165, 1.54) is 17.2 Å². The number of nitrogen functional groups attached to an aromatic ring is 1. The van der Waals surface area contributed by atoms with Crippen molar-refractivity contribution in [1.29, 1.82) is 0 Å². The van der Waals surface area contributed by atoms with E-state index in [0.29, 0.717) is 0 Å². The quantitative estimate of drug-likeness (QED) is 0.207. The number of hydrogen-bond donors (Lipinski definition) is 6. The van der Waals surface area contributed by atoms with Gasteiger partial charge in [0, 0.05) is 12.8 Å². The Morgan fingerprint density at radius 3 is 2.66 bits per heavy atom. The van der Waals surface area contributed by atoms with Crippen LogP contribution in [0.1, 0.15) is 6.23 Å². The topological polar surface area (TPSA) is 258 Å². The smallest absolute Gasteiger partial charge is 0.327 e. The molecule has 0 aliphatic carbocycles. The van der Waals surface area contributed by atoms with Crippen molar-refractivity contribution in [2.24, 2.45) is 9.50 Å². The first-order valence-corrected chi connectivity index (χ1v) is 12.5. The molecule has 1 aliphatic rings. The van der Waals surface area contributed by atoms with E-state index in [2.05, 4.69) is 18.7 Å². The monoisotopic (exact) mass is 494 g/mol. The molecule has 0 radical (unpaired) electrons. The Morgan fingerprint density at radius 1 is 1.31 bits per heavy atom. The number of anilines is 1. The zero-order chi connectivity index (χ0) is 23.8. The molecule has 6 atom stereocenters. The van der Waals surface area contributed by atoms with Crippen molar-refractivity contribution in [2.75, 3.05) is 24.3 Å². The minimum absolute atomic E-state index is 0.0958. The molecule has 3 heterocycles. The van der Waals surface area contributed by atoms with E-state index >= 15 is 0 Å². The first-order chi connectivity index (χ1) is 14.8. The summed E-state index contributed by atoms with van der Waals surface area (Å²) in [5.74, 6) is -2.05. The van der Waals surface area contributed by atoms with Crippen LogP contribution in [-0.4, -0.2) is 96.3 Å². The molecule has 18 heteroatoms. The summed E-state index contributed by atoms with van der Waals surface area (Å²) in [6, 6.07) is -1.56. The molecule has 3 rings (SSSR count). The van der Waals surface area contributed by atoms with Crippen molar-refractivity contribution in [1.82, 2.24) is 24.2 Å². The number of ether oxygens (including phenoxy) is 1. The fraction of sp³-hybridized carbons (Fsp3) is 0.571. The van der Waals surface area contributed by atoms with E-state index in [1.54, 1.807) is 0 Å². The van der Waals surface area contributed by atoms with Crippen LogP contribution in [0.2, 0.25) is 0 Å². The van der Waals surface area contributed by atoms with Crippen molar-refractivity contribution in [2.45, 2.75) is 30.6 Å². The third-order valence-electron chi connectivity index (χ3n) is 4.53. The fourth-order valence-electron chi connectivity index (χ4n) is 3.04. The van der Waals surface area contributed by atoms with Gasteiger partial charge in [-0.3, -0.25) is 9.36 Å². The van der Waals surface area contributed by atoms with Gasteiger partial charge in [-0.05, 0) is 0 Å². The summed E-state index contributed by atoms with van der Waals surface area (Å²) in [4.78, 5) is 22.6. The zero-order valence-corrected chi connectivity index (χ0v) is 18.2. The fourth-order valence-corrected chi connectivity index (χ4v) is 6.34. The summed E-state index contributed by atoms with van der Waals surface area (Å²) >= 11 is 0. The Labute approximate surface area is 182 Å². The molecule has 0 spiro atoms. The van der Waals surface area contributed by atoms with Crippen molar-refractivity contribution >= 4 is 42.9 Å². The van der Waals surface area contributed by atoms with Gasteiger partial charge in [0.1, 0.15) is 36.2 Å². The Balaban J connectivity index is 1.73. The number of rotatable bonds is 8. The number of aliphatic carboxylic acids is 1. The van der Waals surface area contributed by atoms with Crippen LogP contribution >= 0.6 is 0 Å². The maximum Gasteiger partial charge on any atom is 0.327 e. The predicted octanol–water partition coefficient (Wildman–Crippen LogP) is -3.63. The molecule has 16 nitrogen and oxygen atoms in total. The van der Waals surface area contributed by atoms with Gasteiger partial charge in [0.15, 0.2) is 17.7 Å². The van der Waals surface area contributed by atoms with Gasteiger partial charge in [0.05, 0.1) is 21.8 Å². The van der Waals surface area contributed by atoms with Crippen molar-refractivity contribution in [3.8, 4) is 0 Å². The molecule has 0 aromatic carbocycles. The normalized spacial score (nSPS) is 26.6. The summed E-state index contributed by atoms with van der Waals surface area (Å²) in [6.07, 6.45) is -1.96. The molecule has 2 unspecified atom stereocenters. The van der Waals surface area contributed by atoms with Gasteiger partial charge in [-0.25, -0.2) is 19.2 Å². The molecule has 0 bridgehead atoms. The molecule has 2 aromatic heterocycles. The van der Waals surface area contributed by atoms with Crippen LogP contribution in [0, 0.1) is 0 Å². The van der Waals surface area contributed by atoms with Crippen LogP contribution in [0.25, 0.3) is 11.2 Å². The number of nitrogens with one attached hydrogen (secondary N) is 1. The summed E-state index contributed by atoms with van der Waals surface area (Å²) in [5.41, 5.74) is 11.5. The van der Waals surface area contributed by atoms with Crippen LogP contribution in [0.4, 0.5) is 5.82 Å². The molecule has 1 fully saturated rings. The second-order valence-corrected chi connectivity index (χ2v) is 11.2. The second-order valence-electron chi connectivity index (χ2n) is 7.10. The molecular formula is C14H22N8O8S2. The number of carboxylic acids is 1. The van der Waals surface area contributed by atoms with E-state index < -0.39 is 68.8 Å². The van der Waals surface area contributed by atoms with E-state index in [4.69, 9.17) is 21.3 Å². The number of nitrogens with zero attached hydrogens (tertiary/aromatic N) is 5. The molecule has 1 saturated heterocycles. The molecular weight excluding hydrogens is 472 g/mol. The average Bonchev–Trinajstić information content (AvgIpc) is 3.22. The van der Waals surface area contributed by atoms with Gasteiger partial charge in [0.2, 0.25) is 0 Å². The number of carboxylic acid groups (broad SMARTS) is 1. The standard InChI is InChI=1S/C14H22N8O8S2/c1-31(27,3-6(15)14(25)26)21-32(28,29)20-2-7-9(23)10(24)13(30-7)22-5-19-8-11(16)17-4-18-12(8)22/h4-7,9-10,13,20,23-24H,2-3,15H2,1H3,(H,25,26)(H2,16,17,18)/t6?,7-,9-,10-,13-,31?/m1/s1. The summed E-state index contributed by atoms with van der Waals surface area (Å²) in [5, 5.41) is 29.5. The van der Waals surface area contributed by atoms with Crippen LogP contribution in [0.15, 0.2) is 16.4 Å². The lowest BCUT2D eigenvalue weighted by Crippen LogP contribution is -2.40. The molecule has 32 heavy (non-hydrogen) atoms. The van der Waals surface area contributed by atoms with Gasteiger partial charge in [-0.2, -0.15) is 13.1 Å². The third-order valence-corrected chi connectivity index (χ3v) is 8.08. The minimum Gasteiger partial charge on any atom is -0.480 e. The first-order valence-electron chi connectivity index (χ1n) is 8.95. The Hall–Kier alpha value is -2.48. The lowest BCUT2D eigenvalue weighted by Gasteiger charge is -2.16. The molecule has 0 amide bonds. The van der Waals surface area contributed by atoms with Crippen LogP contribution in [0.5, 0.6) is 0 Å². The largest absolute Gasteiger partial charge is 0.480 e. The number of carbonyl (C=O) groups is 1. The number of imidazole rings is 1. The highest BCUT2D eigenvalue weighted by Crippen LogP contribution is 2.31. The predicted molar refractivity (Wildman–Crippen MR) is 110 cm³/mol. The number of fused-ring (bicyclic) bond motifs is 1. The van der Waals surface area contributed by atoms with Gasteiger partial charge < -0.3 is 31.5 Å². The van der Waals surface area contributed by atoms with Gasteiger partial charge in [-0.15, -0.1) is 0 Å². The Kier molecular flexibility index (Phi) is 6.65. The van der Waals surface area contributed by atoms with Gasteiger partial charge in [-0.1, -0.05) is 3.77 Å².